The lowest BCUT2D eigenvalue weighted by Gasteiger charge is -2.37. The first kappa shape index (κ1) is 39.5. The van der Waals surface area contributed by atoms with Crippen LogP contribution in [0, 0.1) is 29.1 Å². The second-order valence-corrected chi connectivity index (χ2v) is 16.1. The number of ether oxygens (including phenoxy) is 1. The summed E-state index contributed by atoms with van der Waals surface area (Å²) in [5.74, 6) is -1.33. The molecule has 1 amide bonds. The van der Waals surface area contributed by atoms with E-state index in [0.717, 1.165) is 6.54 Å². The van der Waals surface area contributed by atoms with Crippen molar-refractivity contribution in [2.45, 2.75) is 95.1 Å². The minimum atomic E-state index is -4.17. The number of alkyl halides is 5. The number of nitrogens with one attached hydrogen (secondary N) is 1. The lowest BCUT2D eigenvalue weighted by molar-refractivity contribution is -0.184. The van der Waals surface area contributed by atoms with Crippen LogP contribution in [0.15, 0.2) is 53.4 Å². The zero-order chi connectivity index (χ0) is 36.6. The summed E-state index contributed by atoms with van der Waals surface area (Å²) in [6, 6.07) is 13.7. The van der Waals surface area contributed by atoms with Gasteiger partial charge in [-0.25, -0.2) is 8.42 Å². The minimum Gasteiger partial charge on any atom is -0.365 e. The van der Waals surface area contributed by atoms with Crippen LogP contribution in [0.5, 0.6) is 0 Å². The molecule has 1 aliphatic heterocycles. The Morgan fingerprint density at radius 3 is 2.24 bits per heavy atom. The van der Waals surface area contributed by atoms with Crippen molar-refractivity contribution in [2.24, 2.45) is 17.8 Å². The number of nitrogens with zero attached hydrogens (tertiary/aromatic N) is 3. The van der Waals surface area contributed by atoms with Crippen molar-refractivity contribution in [2.75, 3.05) is 36.9 Å². The fourth-order valence-electron chi connectivity index (χ4n) is 7.12. The molecule has 1 saturated heterocycles. The second kappa shape index (κ2) is 17.3. The van der Waals surface area contributed by atoms with Gasteiger partial charge in [-0.05, 0) is 85.9 Å². The quantitative estimate of drug-likeness (QED) is 0.191. The topological polar surface area (TPSA) is 103 Å². The summed E-state index contributed by atoms with van der Waals surface area (Å²) in [6.45, 7) is 4.42. The lowest BCUT2D eigenvalue weighted by Crippen LogP contribution is -2.43. The fourth-order valence-corrected chi connectivity index (χ4v) is 8.01. The smallest absolute Gasteiger partial charge is 0.365 e. The number of benzene rings is 2. The van der Waals surface area contributed by atoms with Crippen LogP contribution < -0.4 is 10.2 Å². The van der Waals surface area contributed by atoms with Gasteiger partial charge in [0.15, 0.2) is 9.84 Å². The van der Waals surface area contributed by atoms with Crippen molar-refractivity contribution in [1.82, 2.24) is 10.2 Å². The normalized spacial score (nSPS) is 22.2. The van der Waals surface area contributed by atoms with Crippen LogP contribution >= 0.6 is 0 Å². The van der Waals surface area contributed by atoms with Crippen molar-refractivity contribution in [3.05, 3.63) is 59.7 Å². The average Bonchev–Trinajstić information content (AvgIpc) is 3.51. The molecule has 0 radical (unpaired) electrons. The molecule has 2 aromatic carbocycles. The molecule has 3 atom stereocenters. The number of nitriles is 1. The fraction of sp³-hybridized carbons (Fsp3) is 0.611. The highest BCUT2D eigenvalue weighted by atomic mass is 32.2. The van der Waals surface area contributed by atoms with Gasteiger partial charge in [-0.3, -0.25) is 9.69 Å². The number of carbonyl (C=O) groups excluding carboxylic acids is 1. The third kappa shape index (κ3) is 10.6. The van der Waals surface area contributed by atoms with Crippen molar-refractivity contribution >= 4 is 21.4 Å². The van der Waals surface area contributed by atoms with Crippen molar-refractivity contribution in [3.63, 3.8) is 0 Å². The van der Waals surface area contributed by atoms with Gasteiger partial charge in [0.2, 0.25) is 0 Å². The Morgan fingerprint density at radius 1 is 1.06 bits per heavy atom. The van der Waals surface area contributed by atoms with Crippen LogP contribution in [0.4, 0.5) is 27.6 Å². The van der Waals surface area contributed by atoms with Gasteiger partial charge >= 0.3 is 12.8 Å². The maximum Gasteiger partial charge on any atom is 0.391 e. The number of hydrogen-bond acceptors (Lipinski definition) is 7. The Kier molecular flexibility index (Phi) is 13.7. The standard InChI is InChI=1S/C36H47F5N4O4S/c1-4-50(47,48)32-15-9-26(10-16-32)33(17-18-42)43-34(46)27-7-13-29(14-8-27)45-22-30(19-31(45)23-49-35(37)38)44(20-24(2)3)21-25-5-11-28(12-6-25)36(39,40)41/h7-10,13-16,24-25,28,30-31,33,35H,4-6,11-12,17,19-23H2,1-3H3,(H,43,46)/t25?,28?,30-,31+,33+/m1/s1. The summed E-state index contributed by atoms with van der Waals surface area (Å²) >= 11 is 0. The van der Waals surface area contributed by atoms with Crippen LogP contribution in [0.3, 0.4) is 0 Å². The highest BCUT2D eigenvalue weighted by Crippen LogP contribution is 2.40. The first-order chi connectivity index (χ1) is 23.6. The van der Waals surface area contributed by atoms with E-state index in [0.29, 0.717) is 49.2 Å². The number of hydrogen-bond donors (Lipinski definition) is 1. The second-order valence-electron chi connectivity index (χ2n) is 13.8. The third-order valence-corrected chi connectivity index (χ3v) is 11.6. The molecule has 8 nitrogen and oxygen atoms in total. The van der Waals surface area contributed by atoms with E-state index in [1.807, 2.05) is 4.90 Å². The average molecular weight is 727 g/mol. The molecule has 14 heteroatoms. The molecule has 2 aromatic rings. The van der Waals surface area contributed by atoms with Crippen LogP contribution in [0.2, 0.25) is 0 Å². The van der Waals surface area contributed by atoms with Gasteiger partial charge in [0.1, 0.15) is 0 Å². The van der Waals surface area contributed by atoms with E-state index < -0.39 is 40.5 Å². The monoisotopic (exact) mass is 726 g/mol. The number of rotatable bonds is 15. The molecule has 0 aromatic heterocycles. The molecule has 50 heavy (non-hydrogen) atoms. The molecular formula is C36H47F5N4O4S. The Hall–Kier alpha value is -3.28. The highest BCUT2D eigenvalue weighted by Gasteiger charge is 2.42. The molecule has 1 N–H and O–H groups in total. The Morgan fingerprint density at radius 2 is 1.70 bits per heavy atom. The van der Waals surface area contributed by atoms with E-state index in [4.69, 9.17) is 4.74 Å². The predicted molar refractivity (Wildman–Crippen MR) is 180 cm³/mol. The van der Waals surface area contributed by atoms with Gasteiger partial charge in [-0.2, -0.15) is 27.2 Å². The summed E-state index contributed by atoms with van der Waals surface area (Å²) in [6.07, 6.45) is -2.43. The summed E-state index contributed by atoms with van der Waals surface area (Å²) in [5.41, 5.74) is 1.60. The Balaban J connectivity index is 1.47. The molecule has 2 fully saturated rings. The molecule has 2 aliphatic rings. The van der Waals surface area contributed by atoms with E-state index in [1.165, 1.54) is 12.1 Å². The van der Waals surface area contributed by atoms with Gasteiger partial charge < -0.3 is 15.0 Å². The van der Waals surface area contributed by atoms with Crippen molar-refractivity contribution in [1.29, 1.82) is 5.26 Å². The first-order valence-corrected chi connectivity index (χ1v) is 18.8. The summed E-state index contributed by atoms with van der Waals surface area (Å²) < 4.78 is 95.3. The maximum atomic E-state index is 13.3. The van der Waals surface area contributed by atoms with E-state index >= 15 is 0 Å². The van der Waals surface area contributed by atoms with Crippen LogP contribution in [0.25, 0.3) is 0 Å². The number of sulfone groups is 1. The number of halogens is 5. The SMILES string of the molecule is CCS(=O)(=O)c1ccc([C@H](CC#N)NC(=O)c2ccc(N3C[C@H](N(CC(C)C)CC4CCC(C(F)(F)F)CC4)C[C@H]3COC(F)F)cc2)cc1. The molecular weight excluding hydrogens is 679 g/mol. The van der Waals surface area contributed by atoms with Gasteiger partial charge in [0.05, 0.1) is 47.7 Å². The molecule has 1 saturated carbocycles. The molecule has 0 spiro atoms. The maximum absolute atomic E-state index is 13.3. The Bertz CT molecular complexity index is 1540. The van der Waals surface area contributed by atoms with Crippen LogP contribution in [0.1, 0.15) is 81.3 Å². The molecule has 0 unspecified atom stereocenters. The van der Waals surface area contributed by atoms with Crippen LogP contribution in [-0.2, 0) is 14.6 Å². The molecule has 1 heterocycles. The van der Waals surface area contributed by atoms with E-state index in [2.05, 4.69) is 30.1 Å². The van der Waals surface area contributed by atoms with Crippen molar-refractivity contribution in [3.8, 4) is 6.07 Å². The van der Waals surface area contributed by atoms with Gasteiger partial charge in [-0.15, -0.1) is 0 Å². The number of amides is 1. The van der Waals surface area contributed by atoms with Gasteiger partial charge in [0.25, 0.3) is 5.91 Å². The first-order valence-electron chi connectivity index (χ1n) is 17.2. The molecule has 276 valence electrons. The van der Waals surface area contributed by atoms with E-state index in [9.17, 15) is 40.4 Å². The zero-order valence-electron chi connectivity index (χ0n) is 28.7. The molecule has 0 bridgehead atoms. The summed E-state index contributed by atoms with van der Waals surface area (Å²) in [5, 5.41) is 12.2. The van der Waals surface area contributed by atoms with E-state index in [1.54, 1.807) is 43.3 Å². The Labute approximate surface area is 291 Å². The zero-order valence-corrected chi connectivity index (χ0v) is 29.5. The minimum absolute atomic E-state index is 0.0302. The highest BCUT2D eigenvalue weighted by molar-refractivity contribution is 7.91. The largest absolute Gasteiger partial charge is 0.391 e. The summed E-state index contributed by atoms with van der Waals surface area (Å²) in [7, 11) is -3.41. The van der Waals surface area contributed by atoms with Gasteiger partial charge in [0, 0.05) is 36.9 Å². The number of anilines is 1. The lowest BCUT2D eigenvalue weighted by atomic mass is 9.81. The van der Waals surface area contributed by atoms with E-state index in [-0.39, 0.29) is 60.4 Å². The summed E-state index contributed by atoms with van der Waals surface area (Å²) in [4.78, 5) is 17.7. The third-order valence-electron chi connectivity index (χ3n) is 9.81. The van der Waals surface area contributed by atoms with Crippen LogP contribution in [-0.4, -0.2) is 76.1 Å². The van der Waals surface area contributed by atoms with Gasteiger partial charge in [-0.1, -0.05) is 32.9 Å². The molecule has 4 rings (SSSR count). The predicted octanol–water partition coefficient (Wildman–Crippen LogP) is 7.38. The van der Waals surface area contributed by atoms with Crippen molar-refractivity contribution < 1.29 is 39.9 Å². The number of carbonyl (C=O) groups is 1. The molecule has 1 aliphatic carbocycles.